The van der Waals surface area contributed by atoms with Crippen molar-refractivity contribution >= 4 is 28.3 Å². The van der Waals surface area contributed by atoms with Crippen molar-refractivity contribution in [3.05, 3.63) is 84.6 Å². The number of nitrogens with zero attached hydrogens (tertiary/aromatic N) is 1. The average molecular weight is 385 g/mol. The fourth-order valence-electron chi connectivity index (χ4n) is 2.97. The zero-order chi connectivity index (χ0) is 20.2. The number of fused-ring (bicyclic) bond motifs is 1. The van der Waals surface area contributed by atoms with Crippen LogP contribution in [0.5, 0.6) is 0 Å². The van der Waals surface area contributed by atoms with Crippen molar-refractivity contribution < 1.29 is 14.3 Å². The van der Waals surface area contributed by atoms with Crippen molar-refractivity contribution in [1.29, 1.82) is 0 Å². The van der Waals surface area contributed by atoms with Gasteiger partial charge in [-0.2, -0.15) is 5.10 Å². The fraction of sp³-hybridized carbons (Fsp3) is 0.0870. The smallest absolute Gasteiger partial charge is 0.357 e. The Bertz CT molecular complexity index is 1170. The highest BCUT2D eigenvalue weighted by Crippen LogP contribution is 2.20. The Morgan fingerprint density at radius 3 is 2.45 bits per heavy atom. The SMILES string of the molecule is C[C@H](OC(=O)c1cc(-c2ccccc2)n[nH]1)C(=O)Nc1ccc2ccccc2c1. The van der Waals surface area contributed by atoms with Crippen LogP contribution in [0.15, 0.2) is 78.9 Å². The summed E-state index contributed by atoms with van der Waals surface area (Å²) in [5.41, 5.74) is 2.34. The van der Waals surface area contributed by atoms with E-state index in [-0.39, 0.29) is 5.69 Å². The molecule has 3 aromatic carbocycles. The van der Waals surface area contributed by atoms with Gasteiger partial charge in [-0.25, -0.2) is 4.79 Å². The molecule has 4 rings (SSSR count). The normalized spacial score (nSPS) is 11.8. The molecule has 0 saturated carbocycles. The Balaban J connectivity index is 1.40. The molecular weight excluding hydrogens is 366 g/mol. The number of amides is 1. The Hall–Kier alpha value is -3.93. The molecule has 0 unspecified atom stereocenters. The van der Waals surface area contributed by atoms with Crippen LogP contribution in [0.2, 0.25) is 0 Å². The number of anilines is 1. The van der Waals surface area contributed by atoms with E-state index in [1.807, 2.05) is 72.8 Å². The molecule has 0 aliphatic rings. The van der Waals surface area contributed by atoms with Crippen LogP contribution in [0.25, 0.3) is 22.0 Å². The molecule has 1 atom stereocenters. The van der Waals surface area contributed by atoms with E-state index in [1.54, 1.807) is 6.07 Å². The average Bonchev–Trinajstić information content (AvgIpc) is 3.25. The maximum atomic E-state index is 12.4. The van der Waals surface area contributed by atoms with Crippen LogP contribution in [-0.2, 0) is 9.53 Å². The first kappa shape index (κ1) is 18.4. The van der Waals surface area contributed by atoms with Gasteiger partial charge in [0.15, 0.2) is 6.10 Å². The number of esters is 1. The molecule has 0 aliphatic carbocycles. The quantitative estimate of drug-likeness (QED) is 0.498. The molecule has 0 radical (unpaired) electrons. The summed E-state index contributed by atoms with van der Waals surface area (Å²) in [5, 5.41) is 11.7. The summed E-state index contributed by atoms with van der Waals surface area (Å²) >= 11 is 0. The molecule has 0 spiro atoms. The number of ether oxygens (including phenoxy) is 1. The van der Waals surface area contributed by atoms with E-state index in [1.165, 1.54) is 6.92 Å². The van der Waals surface area contributed by atoms with Crippen molar-refractivity contribution in [1.82, 2.24) is 10.2 Å². The Morgan fingerprint density at radius 2 is 1.66 bits per heavy atom. The summed E-state index contributed by atoms with van der Waals surface area (Å²) in [6, 6.07) is 24.6. The van der Waals surface area contributed by atoms with Gasteiger partial charge in [0, 0.05) is 11.3 Å². The molecule has 2 N–H and O–H groups in total. The van der Waals surface area contributed by atoms with E-state index in [9.17, 15) is 9.59 Å². The summed E-state index contributed by atoms with van der Waals surface area (Å²) in [6.07, 6.45) is -0.961. The molecular formula is C23H19N3O3. The van der Waals surface area contributed by atoms with Gasteiger partial charge in [-0.1, -0.05) is 60.7 Å². The Morgan fingerprint density at radius 1 is 0.931 bits per heavy atom. The van der Waals surface area contributed by atoms with Gasteiger partial charge >= 0.3 is 5.97 Å². The molecule has 0 saturated heterocycles. The maximum Gasteiger partial charge on any atom is 0.357 e. The van der Waals surface area contributed by atoms with E-state index in [4.69, 9.17) is 4.74 Å². The van der Waals surface area contributed by atoms with Crippen LogP contribution in [0.4, 0.5) is 5.69 Å². The number of rotatable bonds is 5. The summed E-state index contributed by atoms with van der Waals surface area (Å²) in [5.74, 6) is -1.04. The van der Waals surface area contributed by atoms with Crippen LogP contribution in [0.1, 0.15) is 17.4 Å². The summed E-state index contributed by atoms with van der Waals surface area (Å²) in [6.45, 7) is 1.53. The van der Waals surface area contributed by atoms with Crippen molar-refractivity contribution in [2.45, 2.75) is 13.0 Å². The maximum absolute atomic E-state index is 12.4. The summed E-state index contributed by atoms with van der Waals surface area (Å²) in [4.78, 5) is 24.8. The largest absolute Gasteiger partial charge is 0.448 e. The number of hydrogen-bond donors (Lipinski definition) is 2. The minimum atomic E-state index is -0.961. The third-order valence-corrected chi connectivity index (χ3v) is 4.54. The minimum absolute atomic E-state index is 0.189. The topological polar surface area (TPSA) is 84.1 Å². The second-order valence-corrected chi connectivity index (χ2v) is 6.63. The van der Waals surface area contributed by atoms with Crippen LogP contribution in [0, 0.1) is 0 Å². The molecule has 29 heavy (non-hydrogen) atoms. The van der Waals surface area contributed by atoms with E-state index in [0.29, 0.717) is 11.4 Å². The van der Waals surface area contributed by atoms with Crippen molar-refractivity contribution in [3.8, 4) is 11.3 Å². The first-order chi connectivity index (χ1) is 14.1. The molecule has 0 aliphatic heterocycles. The number of hydrogen-bond acceptors (Lipinski definition) is 4. The summed E-state index contributed by atoms with van der Waals surface area (Å²) in [7, 11) is 0. The Labute approximate surface area is 167 Å². The number of carbonyl (C=O) groups excluding carboxylic acids is 2. The van der Waals surface area contributed by atoms with Gasteiger partial charge in [-0.05, 0) is 35.9 Å². The van der Waals surface area contributed by atoms with Gasteiger partial charge in [0.05, 0.1) is 5.69 Å². The zero-order valence-electron chi connectivity index (χ0n) is 15.8. The molecule has 0 bridgehead atoms. The zero-order valence-corrected chi connectivity index (χ0v) is 15.8. The van der Waals surface area contributed by atoms with Crippen LogP contribution in [0.3, 0.4) is 0 Å². The highest BCUT2D eigenvalue weighted by atomic mass is 16.5. The fourth-order valence-corrected chi connectivity index (χ4v) is 2.97. The number of aromatic nitrogens is 2. The number of aromatic amines is 1. The molecule has 1 amide bonds. The Kier molecular flexibility index (Phi) is 5.07. The molecule has 0 fully saturated rings. The predicted octanol–water partition coefficient (Wildman–Crippen LogP) is 4.41. The molecule has 1 aromatic heterocycles. The predicted molar refractivity (Wildman–Crippen MR) is 111 cm³/mol. The lowest BCUT2D eigenvalue weighted by atomic mass is 10.1. The van der Waals surface area contributed by atoms with E-state index in [0.717, 1.165) is 16.3 Å². The lowest BCUT2D eigenvalue weighted by molar-refractivity contribution is -0.123. The van der Waals surface area contributed by atoms with Gasteiger partial charge in [0.1, 0.15) is 5.69 Å². The third kappa shape index (κ3) is 4.16. The van der Waals surface area contributed by atoms with E-state index >= 15 is 0 Å². The number of H-pyrrole nitrogens is 1. The minimum Gasteiger partial charge on any atom is -0.448 e. The molecule has 6 heteroatoms. The van der Waals surface area contributed by atoms with Crippen molar-refractivity contribution in [2.24, 2.45) is 0 Å². The summed E-state index contributed by atoms with van der Waals surface area (Å²) < 4.78 is 5.28. The number of benzene rings is 3. The van der Waals surface area contributed by atoms with E-state index < -0.39 is 18.0 Å². The van der Waals surface area contributed by atoms with Gasteiger partial charge in [0.2, 0.25) is 0 Å². The second kappa shape index (κ2) is 7.98. The molecule has 144 valence electrons. The molecule has 6 nitrogen and oxygen atoms in total. The highest BCUT2D eigenvalue weighted by molar-refractivity contribution is 5.98. The van der Waals surface area contributed by atoms with Crippen molar-refractivity contribution in [3.63, 3.8) is 0 Å². The lowest BCUT2D eigenvalue weighted by Gasteiger charge is -2.13. The first-order valence-electron chi connectivity index (χ1n) is 9.21. The van der Waals surface area contributed by atoms with Gasteiger partial charge in [-0.3, -0.25) is 9.89 Å². The first-order valence-corrected chi connectivity index (χ1v) is 9.21. The number of carbonyl (C=O) groups is 2. The van der Waals surface area contributed by atoms with Crippen LogP contribution < -0.4 is 5.32 Å². The number of nitrogens with one attached hydrogen (secondary N) is 2. The van der Waals surface area contributed by atoms with E-state index in [2.05, 4.69) is 15.5 Å². The van der Waals surface area contributed by atoms with Crippen molar-refractivity contribution in [2.75, 3.05) is 5.32 Å². The van der Waals surface area contributed by atoms with Crippen LogP contribution in [-0.4, -0.2) is 28.2 Å². The molecule has 4 aromatic rings. The molecule has 1 heterocycles. The van der Waals surface area contributed by atoms with Crippen LogP contribution >= 0.6 is 0 Å². The second-order valence-electron chi connectivity index (χ2n) is 6.63. The lowest BCUT2D eigenvalue weighted by Crippen LogP contribution is -2.30. The highest BCUT2D eigenvalue weighted by Gasteiger charge is 2.21. The van der Waals surface area contributed by atoms with Gasteiger partial charge in [-0.15, -0.1) is 0 Å². The third-order valence-electron chi connectivity index (χ3n) is 4.54. The van der Waals surface area contributed by atoms with Gasteiger partial charge in [0.25, 0.3) is 5.91 Å². The standard InChI is InChI=1S/C23H19N3O3/c1-15(22(27)24-19-12-11-16-7-5-6-10-18(16)13-19)29-23(28)21-14-20(25-26-21)17-8-3-2-4-9-17/h2-15H,1H3,(H,24,27)(H,25,26)/t15-/m0/s1. The monoisotopic (exact) mass is 385 g/mol. The van der Waals surface area contributed by atoms with Gasteiger partial charge < -0.3 is 10.1 Å².